The summed E-state index contributed by atoms with van der Waals surface area (Å²) in [7, 11) is 2.03. The van der Waals surface area contributed by atoms with Crippen LogP contribution in [0.2, 0.25) is 0 Å². The number of nitrogens with one attached hydrogen (secondary N) is 2. The molecule has 2 aliphatic rings. The quantitative estimate of drug-likeness (QED) is 0.751. The zero-order valence-corrected chi connectivity index (χ0v) is 17.7. The summed E-state index contributed by atoms with van der Waals surface area (Å²) in [5.41, 5.74) is 3.39. The minimum atomic E-state index is -0.224. The van der Waals surface area contributed by atoms with E-state index in [1.165, 1.54) is 0 Å². The Labute approximate surface area is 170 Å². The molecule has 1 atom stereocenters. The summed E-state index contributed by atoms with van der Waals surface area (Å²) in [4.78, 5) is 16.6. The summed E-state index contributed by atoms with van der Waals surface area (Å²) >= 11 is 1.59. The van der Waals surface area contributed by atoms with Crippen molar-refractivity contribution in [3.8, 4) is 22.6 Å². The summed E-state index contributed by atoms with van der Waals surface area (Å²) < 4.78 is 12.4. The van der Waals surface area contributed by atoms with E-state index in [1.54, 1.807) is 11.8 Å². The Morgan fingerprint density at radius 2 is 1.89 bits per heavy atom. The first-order chi connectivity index (χ1) is 13.5. The Bertz CT molecular complexity index is 932. The number of aromatic amines is 1. The Kier molecular flexibility index (Phi) is 5.43. The Morgan fingerprint density at radius 3 is 2.57 bits per heavy atom. The molecule has 2 heterocycles. The number of aromatic nitrogens is 1. The summed E-state index contributed by atoms with van der Waals surface area (Å²) in [6.07, 6.45) is 6.28. The van der Waals surface area contributed by atoms with Crippen LogP contribution in [0.4, 0.5) is 0 Å². The van der Waals surface area contributed by atoms with Crippen LogP contribution in [-0.2, 0) is 0 Å². The molecule has 5 nitrogen and oxygen atoms in total. The van der Waals surface area contributed by atoms with Crippen molar-refractivity contribution >= 4 is 11.8 Å². The molecule has 0 bridgehead atoms. The molecule has 1 aromatic carbocycles. The normalized spacial score (nSPS) is 23.8. The highest BCUT2D eigenvalue weighted by atomic mass is 32.2. The van der Waals surface area contributed by atoms with Crippen LogP contribution in [0.15, 0.2) is 27.9 Å². The fourth-order valence-electron chi connectivity index (χ4n) is 4.39. The molecule has 28 heavy (non-hydrogen) atoms. The van der Waals surface area contributed by atoms with Gasteiger partial charge in [-0.25, -0.2) is 0 Å². The Morgan fingerprint density at radius 1 is 1.14 bits per heavy atom. The highest BCUT2D eigenvalue weighted by Gasteiger charge is 2.36. The second-order valence-electron chi connectivity index (χ2n) is 7.79. The first-order valence-corrected chi connectivity index (χ1v) is 11.2. The van der Waals surface area contributed by atoms with Crippen molar-refractivity contribution in [2.75, 3.05) is 13.3 Å². The SMILES string of the molecule is CN[C@H]1CC[C@H](C2Oc3ccc(-c4c(SC)cc(C)[nH]c4=O)c(C)c3O2)CC1. The molecule has 4 rings (SSSR count). The maximum atomic E-state index is 12.7. The molecule has 2 N–H and O–H groups in total. The van der Waals surface area contributed by atoms with Gasteiger partial charge in [0.2, 0.25) is 6.29 Å². The van der Waals surface area contributed by atoms with Gasteiger partial charge >= 0.3 is 0 Å². The molecule has 1 fully saturated rings. The zero-order chi connectivity index (χ0) is 19.8. The second-order valence-corrected chi connectivity index (χ2v) is 8.64. The molecule has 0 radical (unpaired) electrons. The van der Waals surface area contributed by atoms with E-state index in [2.05, 4.69) is 10.3 Å². The highest BCUT2D eigenvalue weighted by molar-refractivity contribution is 7.98. The number of hydrogen-bond donors (Lipinski definition) is 2. The van der Waals surface area contributed by atoms with Gasteiger partial charge in [0.1, 0.15) is 0 Å². The van der Waals surface area contributed by atoms with Crippen molar-refractivity contribution in [3.05, 3.63) is 39.8 Å². The van der Waals surface area contributed by atoms with Crippen LogP contribution in [0.1, 0.15) is 36.9 Å². The van der Waals surface area contributed by atoms with E-state index < -0.39 is 0 Å². The number of benzene rings is 1. The predicted octanol–water partition coefficient (Wildman–Crippen LogP) is 4.26. The van der Waals surface area contributed by atoms with Gasteiger partial charge in [-0.3, -0.25) is 4.79 Å². The van der Waals surface area contributed by atoms with E-state index in [0.29, 0.717) is 17.5 Å². The number of hydrogen-bond acceptors (Lipinski definition) is 5. The molecule has 0 amide bonds. The van der Waals surface area contributed by atoms with Crippen LogP contribution in [0.25, 0.3) is 11.1 Å². The third kappa shape index (κ3) is 3.44. The van der Waals surface area contributed by atoms with E-state index in [1.807, 2.05) is 45.4 Å². The van der Waals surface area contributed by atoms with Crippen molar-refractivity contribution in [1.82, 2.24) is 10.3 Å². The largest absolute Gasteiger partial charge is 0.451 e. The Hall–Kier alpha value is -1.92. The predicted molar refractivity (Wildman–Crippen MR) is 114 cm³/mol. The van der Waals surface area contributed by atoms with Crippen molar-refractivity contribution in [3.63, 3.8) is 0 Å². The topological polar surface area (TPSA) is 63.3 Å². The van der Waals surface area contributed by atoms with E-state index in [9.17, 15) is 4.79 Å². The number of fused-ring (bicyclic) bond motifs is 1. The average molecular weight is 401 g/mol. The second kappa shape index (κ2) is 7.84. The van der Waals surface area contributed by atoms with E-state index in [0.717, 1.165) is 58.9 Å². The average Bonchev–Trinajstić information content (AvgIpc) is 3.14. The molecule has 0 spiro atoms. The maximum Gasteiger partial charge on any atom is 0.257 e. The third-order valence-electron chi connectivity index (χ3n) is 6.03. The van der Waals surface area contributed by atoms with Gasteiger partial charge < -0.3 is 19.8 Å². The van der Waals surface area contributed by atoms with Crippen LogP contribution >= 0.6 is 11.8 Å². The summed E-state index contributed by atoms with van der Waals surface area (Å²) in [5, 5.41) is 3.37. The molecule has 1 unspecified atom stereocenters. The summed E-state index contributed by atoms with van der Waals surface area (Å²) in [6.45, 7) is 3.92. The molecule has 1 aliphatic heterocycles. The zero-order valence-electron chi connectivity index (χ0n) is 16.9. The molecule has 1 aliphatic carbocycles. The van der Waals surface area contributed by atoms with E-state index in [-0.39, 0.29) is 11.8 Å². The van der Waals surface area contributed by atoms with Gasteiger partial charge in [0.15, 0.2) is 11.5 Å². The molecule has 2 aromatic rings. The number of rotatable bonds is 4. The summed E-state index contributed by atoms with van der Waals surface area (Å²) in [6, 6.07) is 6.55. The van der Waals surface area contributed by atoms with Crippen LogP contribution in [0.3, 0.4) is 0 Å². The number of H-pyrrole nitrogens is 1. The standard InChI is InChI=1S/C22H28N2O3S/c1-12-11-18(28-4)19(21(25)24-12)16-9-10-17-20(13(16)2)27-22(26-17)14-5-7-15(23-3)8-6-14/h9-11,14-15,22-23H,5-8H2,1-4H3,(H,24,25)/t14-,15-,22?. The lowest BCUT2D eigenvalue weighted by atomic mass is 9.85. The van der Waals surface area contributed by atoms with Crippen molar-refractivity contribution < 1.29 is 9.47 Å². The first kappa shape index (κ1) is 19.4. The molecule has 1 saturated carbocycles. The van der Waals surface area contributed by atoms with Gasteiger partial charge in [-0.1, -0.05) is 0 Å². The molecule has 6 heteroatoms. The lowest BCUT2D eigenvalue weighted by Gasteiger charge is -2.30. The smallest absolute Gasteiger partial charge is 0.257 e. The molecular weight excluding hydrogens is 372 g/mol. The van der Waals surface area contributed by atoms with E-state index >= 15 is 0 Å². The number of pyridine rings is 1. The fraction of sp³-hybridized carbons (Fsp3) is 0.500. The number of aryl methyl sites for hydroxylation is 1. The van der Waals surface area contributed by atoms with Gasteiger partial charge in [0, 0.05) is 28.1 Å². The van der Waals surface area contributed by atoms with Gasteiger partial charge in [0.05, 0.1) is 5.56 Å². The Balaban J connectivity index is 1.63. The monoisotopic (exact) mass is 400 g/mol. The minimum Gasteiger partial charge on any atom is -0.451 e. The number of thioether (sulfide) groups is 1. The maximum absolute atomic E-state index is 12.7. The van der Waals surface area contributed by atoms with Gasteiger partial charge in [-0.2, -0.15) is 0 Å². The molecular formula is C22H28N2O3S. The van der Waals surface area contributed by atoms with Gasteiger partial charge in [-0.05, 0) is 76.6 Å². The van der Waals surface area contributed by atoms with Crippen LogP contribution in [0, 0.1) is 19.8 Å². The summed E-state index contributed by atoms with van der Waals surface area (Å²) in [5.74, 6) is 1.98. The van der Waals surface area contributed by atoms with Crippen LogP contribution in [0.5, 0.6) is 11.5 Å². The fourth-order valence-corrected chi connectivity index (χ4v) is 5.09. The first-order valence-electron chi connectivity index (χ1n) is 9.94. The molecule has 1 aromatic heterocycles. The van der Waals surface area contributed by atoms with Crippen molar-refractivity contribution in [2.24, 2.45) is 5.92 Å². The highest BCUT2D eigenvalue weighted by Crippen LogP contribution is 2.45. The minimum absolute atomic E-state index is 0.0618. The third-order valence-corrected chi connectivity index (χ3v) is 6.79. The van der Waals surface area contributed by atoms with E-state index in [4.69, 9.17) is 9.47 Å². The number of ether oxygens (including phenoxy) is 2. The van der Waals surface area contributed by atoms with Crippen molar-refractivity contribution in [2.45, 2.75) is 56.8 Å². The van der Waals surface area contributed by atoms with Gasteiger partial charge in [-0.15, -0.1) is 11.8 Å². The molecule has 0 saturated heterocycles. The molecule has 150 valence electrons. The van der Waals surface area contributed by atoms with Crippen LogP contribution in [-0.4, -0.2) is 30.6 Å². The van der Waals surface area contributed by atoms with Gasteiger partial charge in [0.25, 0.3) is 5.56 Å². The van der Waals surface area contributed by atoms with Crippen molar-refractivity contribution in [1.29, 1.82) is 0 Å². The lowest BCUT2D eigenvalue weighted by Crippen LogP contribution is -2.37. The van der Waals surface area contributed by atoms with Crippen LogP contribution < -0.4 is 20.3 Å². The lowest BCUT2D eigenvalue weighted by molar-refractivity contribution is -0.0203.